The first kappa shape index (κ1) is 15.3. The second-order valence-electron chi connectivity index (χ2n) is 4.61. The Bertz CT molecular complexity index is 433. The minimum absolute atomic E-state index is 0.0795. The third-order valence-corrected chi connectivity index (χ3v) is 2.57. The van der Waals surface area contributed by atoms with E-state index in [1.165, 1.54) is 0 Å². The Labute approximate surface area is 114 Å². The topological polar surface area (TPSA) is 73.6 Å². The third-order valence-electron chi connectivity index (χ3n) is 2.57. The Morgan fingerprint density at radius 3 is 2.53 bits per heavy atom. The normalized spacial score (nSPS) is 12.1. The smallest absolute Gasteiger partial charge is 0.260 e. The monoisotopic (exact) mass is 266 g/mol. The Morgan fingerprint density at radius 2 is 2.00 bits per heavy atom. The van der Waals surface area contributed by atoms with Gasteiger partial charge in [-0.1, -0.05) is 6.07 Å². The number of nitrogens with one attached hydrogen (secondary N) is 1. The van der Waals surface area contributed by atoms with E-state index in [1.54, 1.807) is 26.2 Å². The highest BCUT2D eigenvalue weighted by atomic mass is 16.5. The van der Waals surface area contributed by atoms with Gasteiger partial charge in [0.1, 0.15) is 0 Å². The van der Waals surface area contributed by atoms with Gasteiger partial charge >= 0.3 is 0 Å². The number of methoxy groups -OCH3 is 1. The van der Waals surface area contributed by atoms with Crippen LogP contribution in [0.15, 0.2) is 18.2 Å². The second kappa shape index (κ2) is 6.99. The first-order valence-corrected chi connectivity index (χ1v) is 6.32. The zero-order valence-electron chi connectivity index (χ0n) is 11.9. The maximum absolute atomic E-state index is 11.8. The molecule has 0 bridgehead atoms. The minimum Gasteiger partial charge on any atom is -0.493 e. The van der Waals surface area contributed by atoms with Gasteiger partial charge in [0, 0.05) is 12.6 Å². The molecule has 5 nitrogen and oxygen atoms in total. The van der Waals surface area contributed by atoms with Crippen molar-refractivity contribution >= 4 is 5.91 Å². The molecular formula is C14H22N2O3. The summed E-state index contributed by atoms with van der Waals surface area (Å²) in [6.07, 6.45) is -0.593. The van der Waals surface area contributed by atoms with Gasteiger partial charge in [0.2, 0.25) is 0 Å². The van der Waals surface area contributed by atoms with Crippen LogP contribution in [0.1, 0.15) is 26.3 Å². The van der Waals surface area contributed by atoms with Crippen LogP contribution in [-0.4, -0.2) is 25.2 Å². The molecule has 0 heterocycles. The summed E-state index contributed by atoms with van der Waals surface area (Å²) in [5, 5.41) is 2.80. The Morgan fingerprint density at radius 1 is 1.32 bits per heavy atom. The molecule has 0 aliphatic rings. The second-order valence-corrected chi connectivity index (χ2v) is 4.61. The van der Waals surface area contributed by atoms with Crippen LogP contribution in [0, 0.1) is 0 Å². The van der Waals surface area contributed by atoms with Crippen molar-refractivity contribution in [2.75, 3.05) is 7.11 Å². The van der Waals surface area contributed by atoms with E-state index in [2.05, 4.69) is 5.32 Å². The van der Waals surface area contributed by atoms with Gasteiger partial charge in [-0.25, -0.2) is 0 Å². The molecule has 0 aliphatic heterocycles. The van der Waals surface area contributed by atoms with E-state index in [0.717, 1.165) is 5.56 Å². The molecule has 0 saturated heterocycles. The van der Waals surface area contributed by atoms with Crippen LogP contribution in [0.3, 0.4) is 0 Å². The van der Waals surface area contributed by atoms with Gasteiger partial charge in [0.25, 0.3) is 5.91 Å². The lowest BCUT2D eigenvalue weighted by atomic mass is 10.2. The number of benzene rings is 1. The summed E-state index contributed by atoms with van der Waals surface area (Å²) in [6.45, 7) is 5.92. The van der Waals surface area contributed by atoms with Gasteiger partial charge in [0.15, 0.2) is 17.6 Å². The summed E-state index contributed by atoms with van der Waals surface area (Å²) in [5.74, 6) is 0.952. The van der Waals surface area contributed by atoms with Crippen molar-refractivity contribution in [2.45, 2.75) is 39.5 Å². The zero-order valence-corrected chi connectivity index (χ0v) is 11.9. The van der Waals surface area contributed by atoms with Crippen molar-refractivity contribution in [3.05, 3.63) is 23.8 Å². The minimum atomic E-state index is -0.593. The van der Waals surface area contributed by atoms with Crippen LogP contribution in [-0.2, 0) is 11.3 Å². The predicted molar refractivity (Wildman–Crippen MR) is 74.3 cm³/mol. The van der Waals surface area contributed by atoms with Crippen LogP contribution in [0.25, 0.3) is 0 Å². The molecule has 1 rings (SSSR count). The molecule has 3 N–H and O–H groups in total. The van der Waals surface area contributed by atoms with E-state index < -0.39 is 6.10 Å². The van der Waals surface area contributed by atoms with Crippen molar-refractivity contribution in [3.8, 4) is 11.5 Å². The van der Waals surface area contributed by atoms with Gasteiger partial charge in [0.05, 0.1) is 7.11 Å². The Kier molecular flexibility index (Phi) is 5.63. The van der Waals surface area contributed by atoms with Crippen molar-refractivity contribution < 1.29 is 14.3 Å². The van der Waals surface area contributed by atoms with E-state index in [-0.39, 0.29) is 11.9 Å². The lowest BCUT2D eigenvalue weighted by Gasteiger charge is -2.18. The summed E-state index contributed by atoms with van der Waals surface area (Å²) < 4.78 is 10.9. The number of carbonyl (C=O) groups is 1. The fraction of sp³-hybridized carbons (Fsp3) is 0.500. The molecule has 19 heavy (non-hydrogen) atoms. The van der Waals surface area contributed by atoms with E-state index in [0.29, 0.717) is 18.0 Å². The maximum atomic E-state index is 11.8. The molecule has 0 radical (unpaired) electrons. The Balaban J connectivity index is 2.82. The number of amides is 1. The van der Waals surface area contributed by atoms with Crippen LogP contribution in [0.2, 0.25) is 0 Å². The van der Waals surface area contributed by atoms with E-state index in [4.69, 9.17) is 15.2 Å². The summed E-state index contributed by atoms with van der Waals surface area (Å²) >= 11 is 0. The van der Waals surface area contributed by atoms with Crippen LogP contribution in [0.4, 0.5) is 0 Å². The average Bonchev–Trinajstić information content (AvgIpc) is 2.37. The van der Waals surface area contributed by atoms with Gasteiger partial charge < -0.3 is 20.5 Å². The highest BCUT2D eigenvalue weighted by Gasteiger charge is 2.17. The number of hydrogen-bond donors (Lipinski definition) is 2. The lowest BCUT2D eigenvalue weighted by molar-refractivity contribution is -0.127. The van der Waals surface area contributed by atoms with Gasteiger partial charge in [-0.2, -0.15) is 0 Å². The molecule has 106 valence electrons. The largest absolute Gasteiger partial charge is 0.493 e. The van der Waals surface area contributed by atoms with E-state index in [9.17, 15) is 4.79 Å². The third kappa shape index (κ3) is 4.44. The summed E-state index contributed by atoms with van der Waals surface area (Å²) in [6, 6.07) is 5.52. The Hall–Kier alpha value is -1.75. The number of hydrogen-bond acceptors (Lipinski definition) is 4. The van der Waals surface area contributed by atoms with Gasteiger partial charge in [-0.05, 0) is 38.5 Å². The molecule has 1 amide bonds. The quantitative estimate of drug-likeness (QED) is 0.817. The SMILES string of the molecule is COc1ccc(CN)cc1OC(C)C(=O)NC(C)C. The average molecular weight is 266 g/mol. The molecule has 0 saturated carbocycles. The van der Waals surface area contributed by atoms with Gasteiger partial charge in [-0.15, -0.1) is 0 Å². The molecule has 1 aromatic rings. The van der Waals surface area contributed by atoms with E-state index in [1.807, 2.05) is 19.9 Å². The highest BCUT2D eigenvalue weighted by molar-refractivity contribution is 5.81. The molecule has 1 aromatic carbocycles. The maximum Gasteiger partial charge on any atom is 0.260 e. The fourth-order valence-electron chi connectivity index (χ4n) is 1.59. The summed E-state index contributed by atoms with van der Waals surface area (Å²) in [5.41, 5.74) is 6.51. The summed E-state index contributed by atoms with van der Waals surface area (Å²) in [7, 11) is 1.56. The first-order valence-electron chi connectivity index (χ1n) is 6.32. The fourth-order valence-corrected chi connectivity index (χ4v) is 1.59. The predicted octanol–water partition coefficient (Wildman–Crippen LogP) is 1.45. The molecule has 0 aromatic heterocycles. The van der Waals surface area contributed by atoms with Crippen molar-refractivity contribution in [3.63, 3.8) is 0 Å². The molecular weight excluding hydrogens is 244 g/mol. The first-order chi connectivity index (χ1) is 8.97. The summed E-state index contributed by atoms with van der Waals surface area (Å²) in [4.78, 5) is 11.8. The van der Waals surface area contributed by atoms with Gasteiger partial charge in [-0.3, -0.25) is 4.79 Å². The van der Waals surface area contributed by atoms with Crippen LogP contribution >= 0.6 is 0 Å². The zero-order chi connectivity index (χ0) is 14.4. The molecule has 0 aliphatic carbocycles. The highest BCUT2D eigenvalue weighted by Crippen LogP contribution is 2.28. The molecule has 0 spiro atoms. The van der Waals surface area contributed by atoms with Crippen LogP contribution < -0.4 is 20.5 Å². The molecule has 1 unspecified atom stereocenters. The number of ether oxygens (including phenoxy) is 2. The van der Waals surface area contributed by atoms with Crippen molar-refractivity contribution in [1.29, 1.82) is 0 Å². The number of rotatable bonds is 6. The van der Waals surface area contributed by atoms with Crippen LogP contribution in [0.5, 0.6) is 11.5 Å². The van der Waals surface area contributed by atoms with E-state index >= 15 is 0 Å². The lowest BCUT2D eigenvalue weighted by Crippen LogP contribution is -2.40. The van der Waals surface area contributed by atoms with Crippen molar-refractivity contribution in [2.24, 2.45) is 5.73 Å². The molecule has 0 fully saturated rings. The molecule has 5 heteroatoms. The molecule has 1 atom stereocenters. The number of carbonyl (C=O) groups excluding carboxylic acids is 1. The van der Waals surface area contributed by atoms with Crippen molar-refractivity contribution in [1.82, 2.24) is 5.32 Å². The standard InChI is InChI=1S/C14H22N2O3/c1-9(2)16-14(17)10(3)19-13-7-11(8-15)5-6-12(13)18-4/h5-7,9-10H,8,15H2,1-4H3,(H,16,17). The number of nitrogens with two attached hydrogens (primary N) is 1.